The van der Waals surface area contributed by atoms with Gasteiger partial charge in [-0.3, -0.25) is 0 Å². The first-order valence-corrected chi connectivity index (χ1v) is 10.3. The normalized spacial score (nSPS) is 10.5. The van der Waals surface area contributed by atoms with Gasteiger partial charge in [0.1, 0.15) is 0 Å². The van der Waals surface area contributed by atoms with E-state index in [1.807, 2.05) is 18.2 Å². The molecular formula is C27H26O4. The van der Waals surface area contributed by atoms with Gasteiger partial charge in [-0.05, 0) is 60.2 Å². The van der Waals surface area contributed by atoms with Crippen molar-refractivity contribution in [3.63, 3.8) is 0 Å². The molecule has 4 heteroatoms. The predicted octanol–water partition coefficient (Wildman–Crippen LogP) is 6.05. The summed E-state index contributed by atoms with van der Waals surface area (Å²) in [6.07, 6.45) is 3.05. The Labute approximate surface area is 183 Å². The molecule has 31 heavy (non-hydrogen) atoms. The van der Waals surface area contributed by atoms with Crippen molar-refractivity contribution in [1.29, 1.82) is 0 Å². The first-order valence-electron chi connectivity index (χ1n) is 10.3. The fourth-order valence-corrected chi connectivity index (χ4v) is 3.25. The molecule has 0 aliphatic heterocycles. The molecule has 3 aromatic rings. The Kier molecular flexibility index (Phi) is 7.39. The summed E-state index contributed by atoms with van der Waals surface area (Å²) in [5.74, 6) is -0.193. The maximum Gasteiger partial charge on any atom is 0.343 e. The van der Waals surface area contributed by atoms with Gasteiger partial charge in [-0.2, -0.15) is 0 Å². The second kappa shape index (κ2) is 10.4. The van der Waals surface area contributed by atoms with Gasteiger partial charge in [0, 0.05) is 0 Å². The first-order chi connectivity index (χ1) is 15.0. The number of carbonyl (C=O) groups excluding carboxylic acids is 2. The summed E-state index contributed by atoms with van der Waals surface area (Å²) in [6.45, 7) is 7.97. The SMILES string of the molecule is C=CCc1cc(CC(C)C)c(OC(=O)c2ccccc2)c(OC(=O)c2ccccc2)c1. The zero-order valence-corrected chi connectivity index (χ0v) is 17.8. The minimum atomic E-state index is -0.510. The van der Waals surface area contributed by atoms with E-state index in [9.17, 15) is 9.59 Å². The van der Waals surface area contributed by atoms with Crippen molar-refractivity contribution in [2.45, 2.75) is 26.7 Å². The van der Waals surface area contributed by atoms with Crippen LogP contribution in [-0.4, -0.2) is 11.9 Å². The van der Waals surface area contributed by atoms with E-state index in [1.165, 1.54) is 0 Å². The zero-order chi connectivity index (χ0) is 22.2. The molecular weight excluding hydrogens is 388 g/mol. The van der Waals surface area contributed by atoms with Gasteiger partial charge in [0.2, 0.25) is 0 Å². The number of allylic oxidation sites excluding steroid dienone is 1. The summed E-state index contributed by atoms with van der Waals surface area (Å²) in [5, 5.41) is 0. The zero-order valence-electron chi connectivity index (χ0n) is 17.8. The van der Waals surface area contributed by atoms with Crippen LogP contribution in [0.2, 0.25) is 0 Å². The predicted molar refractivity (Wildman–Crippen MR) is 122 cm³/mol. The van der Waals surface area contributed by atoms with Crippen molar-refractivity contribution >= 4 is 11.9 Å². The molecule has 0 unspecified atom stereocenters. The smallest absolute Gasteiger partial charge is 0.343 e. The number of carbonyl (C=O) groups is 2. The lowest BCUT2D eigenvalue weighted by Gasteiger charge is -2.18. The Morgan fingerprint density at radius 1 is 0.871 bits per heavy atom. The molecule has 0 bridgehead atoms. The van der Waals surface area contributed by atoms with Crippen LogP contribution in [0.5, 0.6) is 11.5 Å². The average molecular weight is 415 g/mol. The van der Waals surface area contributed by atoms with E-state index in [-0.39, 0.29) is 11.5 Å². The Morgan fingerprint density at radius 2 is 1.42 bits per heavy atom. The van der Waals surface area contributed by atoms with Gasteiger partial charge >= 0.3 is 11.9 Å². The molecule has 0 amide bonds. The molecule has 4 nitrogen and oxygen atoms in total. The molecule has 0 heterocycles. The quantitative estimate of drug-likeness (QED) is 0.256. The standard InChI is InChI=1S/C27H26O4/c1-4-11-20-17-23(16-19(2)3)25(31-27(29)22-14-9-6-10-15-22)24(18-20)30-26(28)21-12-7-5-8-13-21/h4-10,12-15,17-19H,1,11,16H2,2-3H3. The van der Waals surface area contributed by atoms with Gasteiger partial charge in [-0.15, -0.1) is 6.58 Å². The van der Waals surface area contributed by atoms with Crippen molar-refractivity contribution < 1.29 is 19.1 Å². The maximum absolute atomic E-state index is 12.8. The van der Waals surface area contributed by atoms with Crippen LogP contribution in [0.4, 0.5) is 0 Å². The monoisotopic (exact) mass is 414 g/mol. The van der Waals surface area contributed by atoms with E-state index in [0.29, 0.717) is 29.9 Å². The largest absolute Gasteiger partial charge is 0.419 e. The summed E-state index contributed by atoms with van der Waals surface area (Å²) in [4.78, 5) is 25.5. The summed E-state index contributed by atoms with van der Waals surface area (Å²) >= 11 is 0. The number of ether oxygens (including phenoxy) is 2. The van der Waals surface area contributed by atoms with Crippen LogP contribution in [0.15, 0.2) is 85.5 Å². The van der Waals surface area contributed by atoms with E-state index in [2.05, 4.69) is 20.4 Å². The number of hydrogen-bond donors (Lipinski definition) is 0. The molecule has 3 rings (SSSR count). The van der Waals surface area contributed by atoms with Crippen LogP contribution in [0.3, 0.4) is 0 Å². The maximum atomic E-state index is 12.8. The third-order valence-electron chi connectivity index (χ3n) is 4.62. The van der Waals surface area contributed by atoms with Crippen LogP contribution < -0.4 is 9.47 Å². The fraction of sp³-hybridized carbons (Fsp3) is 0.185. The van der Waals surface area contributed by atoms with E-state index >= 15 is 0 Å². The molecule has 3 aromatic carbocycles. The van der Waals surface area contributed by atoms with E-state index in [4.69, 9.17) is 9.47 Å². The number of hydrogen-bond acceptors (Lipinski definition) is 4. The van der Waals surface area contributed by atoms with Gasteiger partial charge < -0.3 is 9.47 Å². The van der Waals surface area contributed by atoms with Crippen molar-refractivity contribution in [3.05, 3.63) is 108 Å². The Hall–Kier alpha value is -3.66. The average Bonchev–Trinajstić information content (AvgIpc) is 2.77. The Balaban J connectivity index is 2.04. The van der Waals surface area contributed by atoms with Gasteiger partial charge in [0.05, 0.1) is 11.1 Å². The van der Waals surface area contributed by atoms with E-state index in [0.717, 1.165) is 11.1 Å². The highest BCUT2D eigenvalue weighted by atomic mass is 16.6. The van der Waals surface area contributed by atoms with Crippen molar-refractivity contribution in [2.75, 3.05) is 0 Å². The molecule has 0 N–H and O–H groups in total. The van der Waals surface area contributed by atoms with Crippen LogP contribution >= 0.6 is 0 Å². The highest BCUT2D eigenvalue weighted by molar-refractivity contribution is 5.93. The molecule has 0 atom stereocenters. The number of esters is 2. The molecule has 0 radical (unpaired) electrons. The van der Waals surface area contributed by atoms with Crippen molar-refractivity contribution in [2.24, 2.45) is 5.92 Å². The fourth-order valence-electron chi connectivity index (χ4n) is 3.25. The molecule has 0 aliphatic carbocycles. The second-order valence-corrected chi connectivity index (χ2v) is 7.68. The lowest BCUT2D eigenvalue weighted by Crippen LogP contribution is -2.15. The summed E-state index contributed by atoms with van der Waals surface area (Å²) in [7, 11) is 0. The van der Waals surface area contributed by atoms with Gasteiger partial charge in [0.25, 0.3) is 0 Å². The molecule has 0 aromatic heterocycles. The summed E-state index contributed by atoms with van der Waals surface area (Å²) in [6, 6.07) is 21.2. The van der Waals surface area contributed by atoms with Gasteiger partial charge in [0.15, 0.2) is 11.5 Å². The second-order valence-electron chi connectivity index (χ2n) is 7.68. The van der Waals surface area contributed by atoms with Crippen molar-refractivity contribution in [3.8, 4) is 11.5 Å². The van der Waals surface area contributed by atoms with Crippen LogP contribution in [0, 0.1) is 5.92 Å². The Morgan fingerprint density at radius 3 is 1.94 bits per heavy atom. The first kappa shape index (κ1) is 22.0. The molecule has 0 saturated heterocycles. The topological polar surface area (TPSA) is 52.6 Å². The molecule has 0 spiro atoms. The molecule has 0 fully saturated rings. The molecule has 0 saturated carbocycles. The lowest BCUT2D eigenvalue weighted by molar-refractivity contribution is 0.0680. The minimum Gasteiger partial charge on any atom is -0.419 e. The number of benzene rings is 3. The highest BCUT2D eigenvalue weighted by Crippen LogP contribution is 2.36. The van der Waals surface area contributed by atoms with E-state index in [1.54, 1.807) is 60.7 Å². The molecule has 0 aliphatic rings. The lowest BCUT2D eigenvalue weighted by atomic mass is 9.98. The molecule has 158 valence electrons. The third kappa shape index (κ3) is 5.92. The summed E-state index contributed by atoms with van der Waals surface area (Å²) in [5.41, 5.74) is 2.59. The number of rotatable bonds is 8. The van der Waals surface area contributed by atoms with Gasteiger partial charge in [-0.25, -0.2) is 9.59 Å². The third-order valence-corrected chi connectivity index (χ3v) is 4.62. The van der Waals surface area contributed by atoms with Crippen LogP contribution in [0.25, 0.3) is 0 Å². The summed E-state index contributed by atoms with van der Waals surface area (Å²) < 4.78 is 11.5. The van der Waals surface area contributed by atoms with E-state index < -0.39 is 11.9 Å². The van der Waals surface area contributed by atoms with Crippen LogP contribution in [0.1, 0.15) is 45.7 Å². The van der Waals surface area contributed by atoms with Gasteiger partial charge in [-0.1, -0.05) is 62.4 Å². The Bertz CT molecular complexity index is 1050. The minimum absolute atomic E-state index is 0.230. The van der Waals surface area contributed by atoms with Crippen molar-refractivity contribution in [1.82, 2.24) is 0 Å². The van der Waals surface area contributed by atoms with Crippen LogP contribution in [-0.2, 0) is 12.8 Å². The highest BCUT2D eigenvalue weighted by Gasteiger charge is 2.21.